The number of allylic oxidation sites excluding steroid dienone is 2. The van der Waals surface area contributed by atoms with Crippen LogP contribution >= 0.6 is 0 Å². The summed E-state index contributed by atoms with van der Waals surface area (Å²) >= 11 is 0. The van der Waals surface area contributed by atoms with Gasteiger partial charge in [-0.1, -0.05) is 94.2 Å². The average molecular weight is 309 g/mol. The SMILES string of the molecule is CC(C)(C)CC(CC(C)(C)C)=C(CC(C)(C)C)CC(C)(C)C. The van der Waals surface area contributed by atoms with Crippen molar-refractivity contribution in [3.8, 4) is 0 Å². The van der Waals surface area contributed by atoms with Gasteiger partial charge in [-0.3, -0.25) is 0 Å². The van der Waals surface area contributed by atoms with Crippen molar-refractivity contribution in [3.05, 3.63) is 11.1 Å². The van der Waals surface area contributed by atoms with Crippen LogP contribution in [0.4, 0.5) is 0 Å². The summed E-state index contributed by atoms with van der Waals surface area (Å²) in [5.41, 5.74) is 4.90. The van der Waals surface area contributed by atoms with Gasteiger partial charge in [0.05, 0.1) is 0 Å². The fourth-order valence-electron chi connectivity index (χ4n) is 3.19. The minimum absolute atomic E-state index is 0.363. The molecule has 0 heterocycles. The monoisotopic (exact) mass is 308 g/mol. The molecule has 0 nitrogen and oxygen atoms in total. The van der Waals surface area contributed by atoms with Gasteiger partial charge < -0.3 is 0 Å². The van der Waals surface area contributed by atoms with E-state index in [4.69, 9.17) is 0 Å². The lowest BCUT2D eigenvalue weighted by Crippen LogP contribution is -2.19. The Morgan fingerprint density at radius 3 is 0.591 bits per heavy atom. The highest BCUT2D eigenvalue weighted by Gasteiger charge is 2.26. The first kappa shape index (κ1) is 21.7. The van der Waals surface area contributed by atoms with E-state index >= 15 is 0 Å². The molecule has 0 saturated heterocycles. The Morgan fingerprint density at radius 2 is 0.500 bits per heavy atom. The molecule has 0 aliphatic rings. The molecule has 0 amide bonds. The molecular weight excluding hydrogens is 264 g/mol. The van der Waals surface area contributed by atoms with E-state index in [9.17, 15) is 0 Å². The van der Waals surface area contributed by atoms with Gasteiger partial charge in [0, 0.05) is 0 Å². The Kier molecular flexibility index (Phi) is 7.02. The minimum Gasteiger partial charge on any atom is -0.0699 e. The van der Waals surface area contributed by atoms with E-state index in [1.54, 1.807) is 11.1 Å². The highest BCUT2D eigenvalue weighted by atomic mass is 14.3. The number of hydrogen-bond donors (Lipinski definition) is 0. The van der Waals surface area contributed by atoms with Crippen LogP contribution in [0, 0.1) is 21.7 Å². The van der Waals surface area contributed by atoms with Crippen molar-refractivity contribution in [3.63, 3.8) is 0 Å². The van der Waals surface area contributed by atoms with Crippen LogP contribution in [0.2, 0.25) is 0 Å². The van der Waals surface area contributed by atoms with Crippen LogP contribution < -0.4 is 0 Å². The van der Waals surface area contributed by atoms with Gasteiger partial charge in [-0.05, 0) is 47.3 Å². The molecule has 132 valence electrons. The maximum absolute atomic E-state index is 2.38. The maximum Gasteiger partial charge on any atom is -0.0268 e. The second kappa shape index (κ2) is 7.10. The number of hydrogen-bond acceptors (Lipinski definition) is 0. The highest BCUT2D eigenvalue weighted by Crippen LogP contribution is 2.41. The van der Waals surface area contributed by atoms with Gasteiger partial charge in [0.1, 0.15) is 0 Å². The molecule has 0 saturated carbocycles. The van der Waals surface area contributed by atoms with E-state index in [0.717, 1.165) is 0 Å². The molecule has 0 aromatic carbocycles. The fourth-order valence-corrected chi connectivity index (χ4v) is 3.19. The Morgan fingerprint density at radius 1 is 0.364 bits per heavy atom. The van der Waals surface area contributed by atoms with Crippen molar-refractivity contribution >= 4 is 0 Å². The topological polar surface area (TPSA) is 0 Å². The van der Waals surface area contributed by atoms with Gasteiger partial charge in [-0.2, -0.15) is 0 Å². The van der Waals surface area contributed by atoms with Gasteiger partial charge >= 0.3 is 0 Å². The molecule has 0 N–H and O–H groups in total. The second-order valence-electron chi connectivity index (χ2n) is 12.2. The van der Waals surface area contributed by atoms with Crippen LogP contribution in [0.25, 0.3) is 0 Å². The first-order chi connectivity index (χ1) is 9.38. The summed E-state index contributed by atoms with van der Waals surface area (Å²) in [6.07, 6.45) is 4.91. The van der Waals surface area contributed by atoms with Crippen molar-refractivity contribution in [2.45, 2.75) is 109 Å². The summed E-state index contributed by atoms with van der Waals surface area (Å²) in [4.78, 5) is 0. The van der Waals surface area contributed by atoms with Gasteiger partial charge in [-0.15, -0.1) is 0 Å². The maximum atomic E-state index is 2.38. The molecule has 0 bridgehead atoms. The Bertz CT molecular complexity index is 292. The zero-order valence-electron chi connectivity index (χ0n) is 17.8. The van der Waals surface area contributed by atoms with Crippen LogP contribution in [0.5, 0.6) is 0 Å². The van der Waals surface area contributed by atoms with Gasteiger partial charge in [0.25, 0.3) is 0 Å². The molecular formula is C22H44. The molecule has 0 rings (SSSR count). The van der Waals surface area contributed by atoms with E-state index in [1.807, 2.05) is 0 Å². The highest BCUT2D eigenvalue weighted by molar-refractivity contribution is 5.19. The summed E-state index contributed by atoms with van der Waals surface area (Å²) in [7, 11) is 0. The van der Waals surface area contributed by atoms with E-state index in [-0.39, 0.29) is 0 Å². The van der Waals surface area contributed by atoms with Gasteiger partial charge in [0.2, 0.25) is 0 Å². The van der Waals surface area contributed by atoms with Gasteiger partial charge in [0.15, 0.2) is 0 Å². The zero-order valence-corrected chi connectivity index (χ0v) is 17.8. The van der Waals surface area contributed by atoms with Crippen LogP contribution in [-0.2, 0) is 0 Å². The third kappa shape index (κ3) is 12.3. The summed E-state index contributed by atoms with van der Waals surface area (Å²) in [6, 6.07) is 0. The van der Waals surface area contributed by atoms with Crippen molar-refractivity contribution in [1.82, 2.24) is 0 Å². The molecule has 0 aromatic heterocycles. The van der Waals surface area contributed by atoms with E-state index in [1.165, 1.54) is 25.7 Å². The largest absolute Gasteiger partial charge is 0.0699 e. The second-order valence-corrected chi connectivity index (χ2v) is 12.2. The smallest absolute Gasteiger partial charge is 0.0268 e. The quantitative estimate of drug-likeness (QED) is 0.461. The normalized spacial score (nSPS) is 14.2. The molecule has 0 spiro atoms. The van der Waals surface area contributed by atoms with Crippen LogP contribution in [0.1, 0.15) is 109 Å². The molecule has 0 unspecified atom stereocenters. The lowest BCUT2D eigenvalue weighted by atomic mass is 9.72. The predicted octanol–water partition coefficient (Wildman–Crippen LogP) is 8.03. The average Bonchev–Trinajstić information content (AvgIpc) is 2.05. The predicted molar refractivity (Wildman–Crippen MR) is 103 cm³/mol. The fraction of sp³-hybridized carbons (Fsp3) is 0.909. The lowest BCUT2D eigenvalue weighted by Gasteiger charge is -2.33. The minimum atomic E-state index is 0.363. The van der Waals surface area contributed by atoms with Crippen molar-refractivity contribution in [1.29, 1.82) is 0 Å². The molecule has 0 aromatic rings. The van der Waals surface area contributed by atoms with Crippen molar-refractivity contribution in [2.75, 3.05) is 0 Å². The van der Waals surface area contributed by atoms with Gasteiger partial charge in [-0.25, -0.2) is 0 Å². The molecule has 22 heavy (non-hydrogen) atoms. The van der Waals surface area contributed by atoms with Crippen molar-refractivity contribution < 1.29 is 0 Å². The van der Waals surface area contributed by atoms with Crippen LogP contribution in [0.15, 0.2) is 11.1 Å². The Labute approximate surface area is 142 Å². The van der Waals surface area contributed by atoms with E-state index in [2.05, 4.69) is 83.1 Å². The standard InChI is InChI=1S/C22H44/c1-19(2,3)13-17(14-20(4,5)6)18(15-21(7,8)9)16-22(10,11)12/h13-16H2,1-12H3. The van der Waals surface area contributed by atoms with Crippen molar-refractivity contribution in [2.24, 2.45) is 21.7 Å². The summed E-state index contributed by atoms with van der Waals surface area (Å²) in [5, 5.41) is 0. The van der Waals surface area contributed by atoms with E-state index < -0.39 is 0 Å². The first-order valence-electron chi connectivity index (χ1n) is 9.08. The summed E-state index contributed by atoms with van der Waals surface area (Å²) < 4.78 is 0. The summed E-state index contributed by atoms with van der Waals surface area (Å²) in [5.74, 6) is 0. The number of rotatable bonds is 4. The van der Waals surface area contributed by atoms with Crippen LogP contribution in [0.3, 0.4) is 0 Å². The lowest BCUT2D eigenvalue weighted by molar-refractivity contribution is 0.327. The molecule has 0 aliphatic carbocycles. The molecule has 0 aliphatic heterocycles. The van der Waals surface area contributed by atoms with E-state index in [0.29, 0.717) is 21.7 Å². The molecule has 0 heteroatoms. The molecule has 0 radical (unpaired) electrons. The summed E-state index contributed by atoms with van der Waals surface area (Å²) in [6.45, 7) is 28.5. The third-order valence-corrected chi connectivity index (χ3v) is 3.47. The first-order valence-corrected chi connectivity index (χ1v) is 9.08. The molecule has 0 fully saturated rings. The molecule has 0 atom stereocenters. The van der Waals surface area contributed by atoms with Crippen LogP contribution in [-0.4, -0.2) is 0 Å². The zero-order chi connectivity index (χ0) is 18.0. The Balaban J connectivity index is 5.81. The third-order valence-electron chi connectivity index (χ3n) is 3.47. The Hall–Kier alpha value is -0.260.